The molecule has 0 aliphatic heterocycles. The predicted molar refractivity (Wildman–Crippen MR) is 75.4 cm³/mol. The molecule has 0 atom stereocenters. The fourth-order valence-electron chi connectivity index (χ4n) is 1.18. The van der Waals surface area contributed by atoms with Gasteiger partial charge in [0.25, 0.3) is 0 Å². The van der Waals surface area contributed by atoms with Crippen LogP contribution in [0.1, 0.15) is 19.4 Å². The Morgan fingerprint density at radius 2 is 2.00 bits per heavy atom. The zero-order chi connectivity index (χ0) is 14.1. The van der Waals surface area contributed by atoms with Crippen LogP contribution in [0, 0.1) is 6.92 Å². The third-order valence-corrected chi connectivity index (χ3v) is 4.92. The molecule has 4 nitrogen and oxygen atoms in total. The first-order valence-corrected chi connectivity index (χ1v) is 7.86. The molecule has 0 unspecified atom stereocenters. The van der Waals surface area contributed by atoms with Crippen LogP contribution in [0.15, 0.2) is 21.5 Å². The SMILES string of the molecule is Cc1cc(Cl)c(S(=O)(=O)NCC(C)(C)O)cc1Br. The lowest BCUT2D eigenvalue weighted by molar-refractivity contribution is 0.0857. The summed E-state index contributed by atoms with van der Waals surface area (Å²) in [6, 6.07) is 3.02. The number of aryl methyl sites for hydroxylation is 1. The molecular weight excluding hydrogens is 342 g/mol. The average molecular weight is 357 g/mol. The Labute approximate surface area is 121 Å². The van der Waals surface area contributed by atoms with Crippen LogP contribution in [-0.2, 0) is 10.0 Å². The first-order valence-electron chi connectivity index (χ1n) is 5.20. The Morgan fingerprint density at radius 1 is 1.44 bits per heavy atom. The van der Waals surface area contributed by atoms with Crippen molar-refractivity contribution in [3.05, 3.63) is 27.2 Å². The van der Waals surface area contributed by atoms with Gasteiger partial charge in [-0.05, 0) is 38.5 Å². The molecule has 0 aromatic heterocycles. The van der Waals surface area contributed by atoms with E-state index in [0.29, 0.717) is 4.47 Å². The molecule has 0 bridgehead atoms. The maximum Gasteiger partial charge on any atom is 0.242 e. The van der Waals surface area contributed by atoms with Crippen LogP contribution in [0.4, 0.5) is 0 Å². The Hall–Kier alpha value is -0.140. The molecule has 0 heterocycles. The van der Waals surface area contributed by atoms with E-state index in [0.717, 1.165) is 5.56 Å². The summed E-state index contributed by atoms with van der Waals surface area (Å²) in [4.78, 5) is -0.00843. The number of rotatable bonds is 4. The van der Waals surface area contributed by atoms with Gasteiger partial charge in [-0.25, -0.2) is 13.1 Å². The molecule has 7 heteroatoms. The summed E-state index contributed by atoms with van der Waals surface area (Å²) in [6.45, 7) is 4.76. The number of aliphatic hydroxyl groups is 1. The summed E-state index contributed by atoms with van der Waals surface area (Å²) < 4.78 is 27.1. The number of hydrogen-bond acceptors (Lipinski definition) is 3. The topological polar surface area (TPSA) is 66.4 Å². The molecule has 0 aliphatic rings. The minimum Gasteiger partial charge on any atom is -0.389 e. The van der Waals surface area contributed by atoms with Crippen LogP contribution in [0.3, 0.4) is 0 Å². The van der Waals surface area contributed by atoms with Crippen molar-refractivity contribution in [3.63, 3.8) is 0 Å². The maximum absolute atomic E-state index is 12.0. The Bertz CT molecular complexity index is 552. The zero-order valence-electron chi connectivity index (χ0n) is 10.3. The molecule has 18 heavy (non-hydrogen) atoms. The molecule has 1 rings (SSSR count). The quantitative estimate of drug-likeness (QED) is 0.871. The monoisotopic (exact) mass is 355 g/mol. The van der Waals surface area contributed by atoms with E-state index in [1.165, 1.54) is 19.9 Å². The second-order valence-corrected chi connectivity index (χ2v) is 7.67. The highest BCUT2D eigenvalue weighted by Gasteiger charge is 2.22. The molecule has 1 aromatic carbocycles. The lowest BCUT2D eigenvalue weighted by Crippen LogP contribution is -2.38. The lowest BCUT2D eigenvalue weighted by atomic mass is 10.1. The second kappa shape index (κ2) is 5.46. The van der Waals surface area contributed by atoms with E-state index >= 15 is 0 Å². The van der Waals surface area contributed by atoms with E-state index in [2.05, 4.69) is 20.7 Å². The maximum atomic E-state index is 12.0. The molecular formula is C11H15BrClNO3S. The van der Waals surface area contributed by atoms with Crippen molar-refractivity contribution in [1.82, 2.24) is 4.72 Å². The molecule has 1 aromatic rings. The van der Waals surface area contributed by atoms with Crippen LogP contribution in [-0.4, -0.2) is 25.7 Å². The summed E-state index contributed by atoms with van der Waals surface area (Å²) in [5.74, 6) is 0. The standard InChI is InChI=1S/C11H15BrClNO3S/c1-7-4-9(13)10(5-8(7)12)18(16,17)14-6-11(2,3)15/h4-5,14-15H,6H2,1-3H3. The minimum absolute atomic E-state index is 0.00843. The van der Waals surface area contributed by atoms with Gasteiger partial charge in [0.1, 0.15) is 4.90 Å². The van der Waals surface area contributed by atoms with Crippen LogP contribution in [0.2, 0.25) is 5.02 Å². The van der Waals surface area contributed by atoms with Crippen LogP contribution >= 0.6 is 27.5 Å². The van der Waals surface area contributed by atoms with Crippen molar-refractivity contribution in [2.75, 3.05) is 6.54 Å². The second-order valence-electron chi connectivity index (χ2n) is 4.67. The van der Waals surface area contributed by atoms with Gasteiger partial charge in [-0.1, -0.05) is 27.5 Å². The molecule has 0 saturated heterocycles. The first-order chi connectivity index (χ1) is 8.03. The van der Waals surface area contributed by atoms with Gasteiger partial charge in [0.2, 0.25) is 10.0 Å². The lowest BCUT2D eigenvalue weighted by Gasteiger charge is -2.18. The average Bonchev–Trinajstić information content (AvgIpc) is 2.19. The molecule has 0 aliphatic carbocycles. The highest BCUT2D eigenvalue weighted by atomic mass is 79.9. The van der Waals surface area contributed by atoms with Gasteiger partial charge >= 0.3 is 0 Å². The molecule has 0 saturated carbocycles. The van der Waals surface area contributed by atoms with Crippen LogP contribution in [0.25, 0.3) is 0 Å². The Balaban J connectivity index is 3.10. The van der Waals surface area contributed by atoms with Gasteiger partial charge in [0, 0.05) is 11.0 Å². The predicted octanol–water partition coefficient (Wildman–Crippen LogP) is 2.46. The van der Waals surface area contributed by atoms with Crippen LogP contribution in [0.5, 0.6) is 0 Å². The summed E-state index contributed by atoms with van der Waals surface area (Å²) >= 11 is 9.20. The number of hydrogen-bond donors (Lipinski definition) is 2. The fraction of sp³-hybridized carbons (Fsp3) is 0.455. The number of halogens is 2. The Kier molecular flexibility index (Phi) is 4.83. The largest absolute Gasteiger partial charge is 0.389 e. The van der Waals surface area contributed by atoms with E-state index in [4.69, 9.17) is 11.6 Å². The number of sulfonamides is 1. The zero-order valence-corrected chi connectivity index (χ0v) is 13.4. The third-order valence-electron chi connectivity index (χ3n) is 2.20. The summed E-state index contributed by atoms with van der Waals surface area (Å²) in [5.41, 5.74) is -0.275. The van der Waals surface area contributed by atoms with E-state index < -0.39 is 15.6 Å². The van der Waals surface area contributed by atoms with Crippen molar-refractivity contribution in [3.8, 4) is 0 Å². The van der Waals surface area contributed by atoms with E-state index in [9.17, 15) is 13.5 Å². The highest BCUT2D eigenvalue weighted by molar-refractivity contribution is 9.10. The minimum atomic E-state index is -3.74. The van der Waals surface area contributed by atoms with E-state index in [-0.39, 0.29) is 16.5 Å². The van der Waals surface area contributed by atoms with E-state index in [1.54, 1.807) is 6.07 Å². The van der Waals surface area contributed by atoms with Gasteiger partial charge in [0.05, 0.1) is 10.6 Å². The molecule has 0 amide bonds. The summed E-state index contributed by atoms with van der Waals surface area (Å²) in [7, 11) is -3.74. The molecule has 2 N–H and O–H groups in total. The summed E-state index contributed by atoms with van der Waals surface area (Å²) in [5, 5.41) is 9.68. The molecule has 0 radical (unpaired) electrons. The van der Waals surface area contributed by atoms with Crippen LogP contribution < -0.4 is 4.72 Å². The normalized spacial score (nSPS) is 12.8. The first kappa shape index (κ1) is 15.9. The smallest absolute Gasteiger partial charge is 0.242 e. The van der Waals surface area contributed by atoms with Crippen molar-refractivity contribution < 1.29 is 13.5 Å². The van der Waals surface area contributed by atoms with Gasteiger partial charge in [0.15, 0.2) is 0 Å². The number of benzene rings is 1. The van der Waals surface area contributed by atoms with Gasteiger partial charge in [-0.3, -0.25) is 0 Å². The number of nitrogens with one attached hydrogen (secondary N) is 1. The van der Waals surface area contributed by atoms with Crippen molar-refractivity contribution in [2.24, 2.45) is 0 Å². The van der Waals surface area contributed by atoms with Gasteiger partial charge in [-0.15, -0.1) is 0 Å². The van der Waals surface area contributed by atoms with Crippen molar-refractivity contribution in [1.29, 1.82) is 0 Å². The Morgan fingerprint density at radius 3 is 2.50 bits per heavy atom. The third kappa shape index (κ3) is 4.20. The van der Waals surface area contributed by atoms with Gasteiger partial charge < -0.3 is 5.11 Å². The molecule has 0 fully saturated rings. The highest BCUT2D eigenvalue weighted by Crippen LogP contribution is 2.28. The van der Waals surface area contributed by atoms with E-state index in [1.807, 2.05) is 6.92 Å². The van der Waals surface area contributed by atoms with Crippen molar-refractivity contribution in [2.45, 2.75) is 31.3 Å². The van der Waals surface area contributed by atoms with Crippen molar-refractivity contribution >= 4 is 37.6 Å². The summed E-state index contributed by atoms with van der Waals surface area (Å²) in [6.07, 6.45) is 0. The molecule has 102 valence electrons. The van der Waals surface area contributed by atoms with Gasteiger partial charge in [-0.2, -0.15) is 0 Å². The molecule has 0 spiro atoms. The fourth-order valence-corrected chi connectivity index (χ4v) is 3.49.